The Morgan fingerprint density at radius 3 is 2.17 bits per heavy atom. The molecule has 0 N–H and O–H groups in total. The van der Waals surface area contributed by atoms with Crippen molar-refractivity contribution in [2.45, 2.75) is 97.2 Å². The van der Waals surface area contributed by atoms with Crippen molar-refractivity contribution in [3.63, 3.8) is 0 Å². The van der Waals surface area contributed by atoms with E-state index in [0.29, 0.717) is 11.8 Å². The Balaban J connectivity index is 1.70. The van der Waals surface area contributed by atoms with Crippen LogP contribution in [-0.2, 0) is 9.47 Å². The van der Waals surface area contributed by atoms with Gasteiger partial charge in [0.1, 0.15) is 0 Å². The normalized spacial score (nSPS) is 34.0. The predicted molar refractivity (Wildman–Crippen MR) is 97.5 cm³/mol. The van der Waals surface area contributed by atoms with Crippen LogP contribution in [0.2, 0.25) is 0 Å². The van der Waals surface area contributed by atoms with Crippen LogP contribution in [0.25, 0.3) is 0 Å². The molecule has 0 atom stereocenters. The topological polar surface area (TPSA) is 42.2 Å². The first-order chi connectivity index (χ1) is 11.7. The summed E-state index contributed by atoms with van der Waals surface area (Å²) in [5, 5.41) is 9.66. The third kappa shape index (κ3) is 5.74. The average Bonchev–Trinajstić information content (AvgIpc) is 2.63. The highest BCUT2D eigenvalue weighted by atomic mass is 16.7. The van der Waals surface area contributed by atoms with Gasteiger partial charge in [-0.05, 0) is 38.5 Å². The van der Waals surface area contributed by atoms with E-state index in [2.05, 4.69) is 19.9 Å². The number of unbranched alkanes of at least 4 members (excludes halogenated alkanes) is 4. The zero-order valence-corrected chi connectivity index (χ0v) is 15.9. The van der Waals surface area contributed by atoms with Crippen molar-refractivity contribution in [3.05, 3.63) is 0 Å². The lowest BCUT2D eigenvalue weighted by molar-refractivity contribution is -0.231. The molecule has 3 nitrogen and oxygen atoms in total. The fraction of sp³-hybridized carbons (Fsp3) is 0.952. The van der Waals surface area contributed by atoms with E-state index in [-0.39, 0.29) is 11.7 Å². The van der Waals surface area contributed by atoms with Crippen LogP contribution in [0.4, 0.5) is 0 Å². The van der Waals surface area contributed by atoms with E-state index in [9.17, 15) is 5.26 Å². The van der Waals surface area contributed by atoms with Crippen LogP contribution in [0.5, 0.6) is 0 Å². The quantitative estimate of drug-likeness (QED) is 0.497. The smallest absolute Gasteiger partial charge is 0.160 e. The van der Waals surface area contributed by atoms with Crippen molar-refractivity contribution in [3.8, 4) is 6.07 Å². The lowest BCUT2D eigenvalue weighted by Crippen LogP contribution is -2.40. The van der Waals surface area contributed by atoms with Crippen LogP contribution in [0.15, 0.2) is 0 Å². The van der Waals surface area contributed by atoms with Crippen molar-refractivity contribution in [1.82, 2.24) is 0 Å². The molecule has 0 spiro atoms. The van der Waals surface area contributed by atoms with E-state index >= 15 is 0 Å². The molecule has 2 fully saturated rings. The minimum Gasteiger partial charge on any atom is -0.352 e. The number of ether oxygens (including phenoxy) is 2. The van der Waals surface area contributed by atoms with Gasteiger partial charge in [0.05, 0.1) is 24.7 Å². The summed E-state index contributed by atoms with van der Waals surface area (Å²) in [6, 6.07) is 2.65. The highest BCUT2D eigenvalue weighted by Gasteiger charge is 2.39. The molecule has 2 rings (SSSR count). The molecule has 1 saturated heterocycles. The Morgan fingerprint density at radius 1 is 0.958 bits per heavy atom. The van der Waals surface area contributed by atoms with Crippen molar-refractivity contribution in [1.29, 1.82) is 5.26 Å². The van der Waals surface area contributed by atoms with Gasteiger partial charge in [0.2, 0.25) is 0 Å². The second-order valence-corrected chi connectivity index (χ2v) is 8.08. The molecule has 138 valence electrons. The molecule has 1 aliphatic carbocycles. The molecule has 1 saturated carbocycles. The van der Waals surface area contributed by atoms with Gasteiger partial charge in [0, 0.05) is 11.8 Å². The Labute approximate surface area is 149 Å². The lowest BCUT2D eigenvalue weighted by atomic mass is 9.68. The fourth-order valence-corrected chi connectivity index (χ4v) is 4.28. The zero-order chi connectivity index (χ0) is 17.3. The van der Waals surface area contributed by atoms with Gasteiger partial charge >= 0.3 is 0 Å². The van der Waals surface area contributed by atoms with Gasteiger partial charge < -0.3 is 9.47 Å². The van der Waals surface area contributed by atoms with Crippen LogP contribution in [0.3, 0.4) is 0 Å². The Hall–Kier alpha value is -0.590. The third-order valence-electron chi connectivity index (χ3n) is 6.08. The first-order valence-corrected chi connectivity index (χ1v) is 10.4. The molecule has 24 heavy (non-hydrogen) atoms. The SMILES string of the molecule is CCCCCC1COC(C2CCC(C#N)(CCCCC)CC2)OC1. The summed E-state index contributed by atoms with van der Waals surface area (Å²) >= 11 is 0. The fourth-order valence-electron chi connectivity index (χ4n) is 4.28. The first kappa shape index (κ1) is 19.7. The monoisotopic (exact) mass is 335 g/mol. The Bertz CT molecular complexity index is 374. The van der Waals surface area contributed by atoms with Gasteiger partial charge in [0.15, 0.2) is 6.29 Å². The van der Waals surface area contributed by atoms with Crippen LogP contribution in [0, 0.1) is 28.6 Å². The third-order valence-corrected chi connectivity index (χ3v) is 6.08. The highest BCUT2D eigenvalue weighted by molar-refractivity contribution is 5.01. The van der Waals surface area contributed by atoms with Crippen molar-refractivity contribution in [2.75, 3.05) is 13.2 Å². The molecule has 1 heterocycles. The summed E-state index contributed by atoms with van der Waals surface area (Å²) < 4.78 is 12.1. The predicted octanol–water partition coefficient (Wildman–Crippen LogP) is 5.84. The molecule has 0 aromatic rings. The largest absolute Gasteiger partial charge is 0.352 e. The molecule has 0 amide bonds. The molecule has 0 aromatic heterocycles. The molecule has 0 unspecified atom stereocenters. The van der Waals surface area contributed by atoms with E-state index in [4.69, 9.17) is 9.47 Å². The molecule has 0 radical (unpaired) electrons. The number of hydrogen-bond donors (Lipinski definition) is 0. The van der Waals surface area contributed by atoms with Crippen molar-refractivity contribution >= 4 is 0 Å². The van der Waals surface area contributed by atoms with Gasteiger partial charge in [-0.15, -0.1) is 0 Å². The van der Waals surface area contributed by atoms with Gasteiger partial charge in [-0.25, -0.2) is 0 Å². The second-order valence-electron chi connectivity index (χ2n) is 8.08. The summed E-state index contributed by atoms with van der Waals surface area (Å²) in [5.41, 5.74) is -0.0664. The maximum absolute atomic E-state index is 9.66. The van der Waals surface area contributed by atoms with E-state index in [1.54, 1.807) is 0 Å². The van der Waals surface area contributed by atoms with Gasteiger partial charge in [-0.2, -0.15) is 5.26 Å². The molecular formula is C21H37NO2. The van der Waals surface area contributed by atoms with E-state index in [1.807, 2.05) is 0 Å². The first-order valence-electron chi connectivity index (χ1n) is 10.4. The second kappa shape index (κ2) is 10.4. The summed E-state index contributed by atoms with van der Waals surface area (Å²) in [6.07, 6.45) is 14.1. The van der Waals surface area contributed by atoms with Crippen molar-refractivity contribution < 1.29 is 9.47 Å². The minimum absolute atomic E-state index is 0.0141. The molecule has 0 aromatic carbocycles. The summed E-state index contributed by atoms with van der Waals surface area (Å²) in [4.78, 5) is 0. The standard InChI is InChI=1S/C21H37NO2/c1-3-5-7-9-18-15-23-20(24-16-18)19-10-13-21(17-22,14-11-19)12-8-6-4-2/h18-20H,3-16H2,1-2H3. The number of hydrogen-bond acceptors (Lipinski definition) is 3. The summed E-state index contributed by atoms with van der Waals surface area (Å²) in [5.74, 6) is 1.08. The Kier molecular flexibility index (Phi) is 8.56. The molecule has 2 aliphatic rings. The van der Waals surface area contributed by atoms with Crippen molar-refractivity contribution in [2.24, 2.45) is 17.3 Å². The van der Waals surface area contributed by atoms with Gasteiger partial charge in [-0.3, -0.25) is 0 Å². The van der Waals surface area contributed by atoms with E-state index in [1.165, 1.54) is 44.9 Å². The van der Waals surface area contributed by atoms with Gasteiger partial charge in [-0.1, -0.05) is 52.4 Å². The summed E-state index contributed by atoms with van der Waals surface area (Å²) in [7, 11) is 0. The van der Waals surface area contributed by atoms with Crippen LogP contribution in [0.1, 0.15) is 90.9 Å². The summed E-state index contributed by atoms with van der Waals surface area (Å²) in [6.45, 7) is 6.20. The molecular weight excluding hydrogens is 298 g/mol. The minimum atomic E-state index is -0.0664. The number of nitrogens with zero attached hydrogens (tertiary/aromatic N) is 1. The number of nitriles is 1. The highest BCUT2D eigenvalue weighted by Crippen LogP contribution is 2.44. The average molecular weight is 336 g/mol. The number of rotatable bonds is 9. The van der Waals surface area contributed by atoms with E-state index < -0.39 is 0 Å². The van der Waals surface area contributed by atoms with Gasteiger partial charge in [0.25, 0.3) is 0 Å². The van der Waals surface area contributed by atoms with E-state index in [0.717, 1.165) is 45.3 Å². The maximum atomic E-state index is 9.66. The van der Waals surface area contributed by atoms with Crippen LogP contribution in [-0.4, -0.2) is 19.5 Å². The molecule has 1 aliphatic heterocycles. The molecule has 3 heteroatoms. The Morgan fingerprint density at radius 2 is 1.58 bits per heavy atom. The lowest BCUT2D eigenvalue weighted by Gasteiger charge is -2.40. The van der Waals surface area contributed by atoms with Crippen LogP contribution < -0.4 is 0 Å². The maximum Gasteiger partial charge on any atom is 0.160 e. The molecule has 0 bridgehead atoms. The van der Waals surface area contributed by atoms with Crippen LogP contribution >= 0.6 is 0 Å². The zero-order valence-electron chi connectivity index (χ0n) is 15.9.